The van der Waals surface area contributed by atoms with Gasteiger partial charge in [0.25, 0.3) is 5.91 Å². The van der Waals surface area contributed by atoms with Gasteiger partial charge in [-0.15, -0.1) is 0 Å². The summed E-state index contributed by atoms with van der Waals surface area (Å²) in [6, 6.07) is 11.7. The lowest BCUT2D eigenvalue weighted by molar-refractivity contribution is -0.137. The molecule has 3 rings (SSSR count). The van der Waals surface area contributed by atoms with Gasteiger partial charge in [0.1, 0.15) is 5.75 Å². The molecule has 0 aliphatic carbocycles. The van der Waals surface area contributed by atoms with Gasteiger partial charge in [0.15, 0.2) is 5.17 Å². The Kier molecular flexibility index (Phi) is 5.03. The van der Waals surface area contributed by atoms with E-state index in [1.807, 2.05) is 0 Å². The number of methoxy groups -OCH3 is 1. The fourth-order valence-corrected chi connectivity index (χ4v) is 3.05. The van der Waals surface area contributed by atoms with E-state index in [0.717, 1.165) is 23.9 Å². The van der Waals surface area contributed by atoms with Gasteiger partial charge in [-0.3, -0.25) is 4.79 Å². The molecule has 26 heavy (non-hydrogen) atoms. The van der Waals surface area contributed by atoms with Crippen LogP contribution < -0.4 is 10.1 Å². The number of thioether (sulfide) groups is 1. The summed E-state index contributed by atoms with van der Waals surface area (Å²) in [6.07, 6.45) is -3.02. The molecule has 1 fully saturated rings. The summed E-state index contributed by atoms with van der Waals surface area (Å²) in [4.78, 5) is 16.6. The maximum atomic E-state index is 12.8. The summed E-state index contributed by atoms with van der Waals surface area (Å²) >= 11 is 1.07. The van der Waals surface area contributed by atoms with Gasteiger partial charge >= 0.3 is 6.18 Å². The zero-order valence-corrected chi connectivity index (χ0v) is 14.3. The molecule has 1 aliphatic rings. The summed E-state index contributed by atoms with van der Waals surface area (Å²) < 4.78 is 43.4. The third-order valence-electron chi connectivity index (χ3n) is 3.47. The molecule has 2 aromatic carbocycles. The second-order valence-corrected chi connectivity index (χ2v) is 6.33. The fourth-order valence-electron chi connectivity index (χ4n) is 2.21. The zero-order chi connectivity index (χ0) is 18.7. The van der Waals surface area contributed by atoms with E-state index in [9.17, 15) is 18.0 Å². The fraction of sp³-hybridized carbons (Fsp3) is 0.111. The van der Waals surface area contributed by atoms with Crippen LogP contribution in [0.2, 0.25) is 0 Å². The summed E-state index contributed by atoms with van der Waals surface area (Å²) in [6.45, 7) is 0. The van der Waals surface area contributed by atoms with E-state index in [0.29, 0.717) is 22.2 Å². The Hall–Kier alpha value is -2.74. The highest BCUT2D eigenvalue weighted by Crippen LogP contribution is 2.32. The predicted octanol–water partition coefficient (Wildman–Crippen LogP) is 4.61. The molecule has 0 unspecified atom stereocenters. The number of amidine groups is 1. The van der Waals surface area contributed by atoms with Gasteiger partial charge in [-0.25, -0.2) is 4.99 Å². The molecule has 0 saturated carbocycles. The standard InChI is InChI=1S/C18H13F3N2O2S/c1-25-14-7-5-13(6-8-14)22-17-23-16(24)15(26-17)10-11-3-2-4-12(9-11)18(19,20)21/h2-10H,1H3,(H,22,23,24). The molecule has 1 amide bonds. The van der Waals surface area contributed by atoms with E-state index >= 15 is 0 Å². The predicted molar refractivity (Wildman–Crippen MR) is 95.2 cm³/mol. The molecule has 1 N–H and O–H groups in total. The SMILES string of the molecule is COc1ccc(N=C2NC(=O)C(=Cc3cccc(C(F)(F)F)c3)S2)cc1. The number of aliphatic imine (C=N–C) groups is 1. The molecule has 0 radical (unpaired) electrons. The van der Waals surface area contributed by atoms with Crippen molar-refractivity contribution in [2.45, 2.75) is 6.18 Å². The molecule has 0 atom stereocenters. The monoisotopic (exact) mass is 378 g/mol. The highest BCUT2D eigenvalue weighted by Gasteiger charge is 2.30. The number of carbonyl (C=O) groups excluding carboxylic acids is 1. The van der Waals surface area contributed by atoms with Crippen LogP contribution in [0.3, 0.4) is 0 Å². The molecule has 0 aromatic heterocycles. The van der Waals surface area contributed by atoms with E-state index in [1.165, 1.54) is 18.2 Å². The van der Waals surface area contributed by atoms with E-state index in [-0.39, 0.29) is 4.91 Å². The number of amides is 1. The number of nitrogens with zero attached hydrogens (tertiary/aromatic N) is 1. The Morgan fingerprint density at radius 2 is 1.88 bits per heavy atom. The van der Waals surface area contributed by atoms with Crippen LogP contribution in [0.4, 0.5) is 18.9 Å². The van der Waals surface area contributed by atoms with Crippen LogP contribution in [0.1, 0.15) is 11.1 Å². The van der Waals surface area contributed by atoms with Crippen LogP contribution >= 0.6 is 11.8 Å². The van der Waals surface area contributed by atoms with Crippen LogP contribution in [0, 0.1) is 0 Å². The molecular formula is C18H13F3N2O2S. The molecule has 134 valence electrons. The number of ether oxygens (including phenoxy) is 1. The Morgan fingerprint density at radius 1 is 1.15 bits per heavy atom. The smallest absolute Gasteiger partial charge is 0.416 e. The van der Waals surface area contributed by atoms with Crippen molar-refractivity contribution < 1.29 is 22.7 Å². The lowest BCUT2D eigenvalue weighted by Gasteiger charge is -2.06. The Balaban J connectivity index is 1.81. The lowest BCUT2D eigenvalue weighted by Crippen LogP contribution is -2.19. The lowest BCUT2D eigenvalue weighted by atomic mass is 10.1. The Morgan fingerprint density at radius 3 is 2.54 bits per heavy atom. The quantitative estimate of drug-likeness (QED) is 0.794. The third-order valence-corrected chi connectivity index (χ3v) is 4.38. The first-order valence-electron chi connectivity index (χ1n) is 7.46. The minimum absolute atomic E-state index is 0.275. The largest absolute Gasteiger partial charge is 0.497 e. The van der Waals surface area contributed by atoms with Crippen molar-refractivity contribution in [2.75, 3.05) is 7.11 Å². The van der Waals surface area contributed by atoms with Crippen LogP contribution in [0.25, 0.3) is 6.08 Å². The van der Waals surface area contributed by atoms with Crippen molar-refractivity contribution in [3.8, 4) is 5.75 Å². The van der Waals surface area contributed by atoms with Crippen molar-refractivity contribution in [3.63, 3.8) is 0 Å². The summed E-state index contributed by atoms with van der Waals surface area (Å²) in [5.41, 5.74) is 0.152. The van der Waals surface area contributed by atoms with Gasteiger partial charge in [0, 0.05) is 0 Å². The molecule has 1 saturated heterocycles. The van der Waals surface area contributed by atoms with Crippen LogP contribution in [0.5, 0.6) is 5.75 Å². The van der Waals surface area contributed by atoms with Gasteiger partial charge < -0.3 is 10.1 Å². The van der Waals surface area contributed by atoms with Crippen molar-refractivity contribution in [1.82, 2.24) is 5.32 Å². The molecule has 2 aromatic rings. The summed E-state index contributed by atoms with van der Waals surface area (Å²) in [7, 11) is 1.55. The Bertz CT molecular complexity index is 890. The van der Waals surface area contributed by atoms with Crippen molar-refractivity contribution in [1.29, 1.82) is 0 Å². The van der Waals surface area contributed by atoms with Crippen molar-refractivity contribution in [3.05, 3.63) is 64.6 Å². The second kappa shape index (κ2) is 7.25. The number of rotatable bonds is 3. The first kappa shape index (κ1) is 18.1. The Labute approximate surface area is 151 Å². The average molecular weight is 378 g/mol. The highest BCUT2D eigenvalue weighted by molar-refractivity contribution is 8.18. The molecule has 0 bridgehead atoms. The first-order chi connectivity index (χ1) is 12.3. The molecule has 0 spiro atoms. The summed E-state index contributed by atoms with van der Waals surface area (Å²) in [5, 5.41) is 2.96. The number of hydrogen-bond acceptors (Lipinski definition) is 4. The maximum absolute atomic E-state index is 12.8. The minimum Gasteiger partial charge on any atom is -0.497 e. The van der Waals surface area contributed by atoms with E-state index in [1.54, 1.807) is 31.4 Å². The molecule has 8 heteroatoms. The minimum atomic E-state index is -4.43. The topological polar surface area (TPSA) is 50.7 Å². The van der Waals surface area contributed by atoms with Gasteiger partial charge in [-0.05, 0) is 59.8 Å². The van der Waals surface area contributed by atoms with Gasteiger partial charge in [-0.2, -0.15) is 13.2 Å². The van der Waals surface area contributed by atoms with Gasteiger partial charge in [0.05, 0.1) is 23.3 Å². The normalized spacial score (nSPS) is 17.6. The first-order valence-corrected chi connectivity index (χ1v) is 8.28. The summed E-state index contributed by atoms with van der Waals surface area (Å²) in [5.74, 6) is 0.280. The highest BCUT2D eigenvalue weighted by atomic mass is 32.2. The number of nitrogens with one attached hydrogen (secondary N) is 1. The van der Waals surface area contributed by atoms with Crippen molar-refractivity contribution >= 4 is 34.6 Å². The van der Waals surface area contributed by atoms with Gasteiger partial charge in [0.2, 0.25) is 0 Å². The number of carbonyl (C=O) groups is 1. The molecular weight excluding hydrogens is 365 g/mol. The second-order valence-electron chi connectivity index (χ2n) is 5.30. The van der Waals surface area contributed by atoms with Gasteiger partial charge in [-0.1, -0.05) is 12.1 Å². The van der Waals surface area contributed by atoms with E-state index in [4.69, 9.17) is 4.74 Å². The zero-order valence-electron chi connectivity index (χ0n) is 13.5. The van der Waals surface area contributed by atoms with Crippen molar-refractivity contribution in [2.24, 2.45) is 4.99 Å². The average Bonchev–Trinajstić information content (AvgIpc) is 2.94. The molecule has 1 aliphatic heterocycles. The van der Waals surface area contributed by atoms with Crippen LogP contribution in [-0.4, -0.2) is 18.2 Å². The van der Waals surface area contributed by atoms with Crippen LogP contribution in [-0.2, 0) is 11.0 Å². The van der Waals surface area contributed by atoms with E-state index < -0.39 is 17.6 Å². The number of benzene rings is 2. The van der Waals surface area contributed by atoms with E-state index in [2.05, 4.69) is 10.3 Å². The molecule has 1 heterocycles. The number of hydrogen-bond donors (Lipinski definition) is 1. The van der Waals surface area contributed by atoms with Crippen LogP contribution in [0.15, 0.2) is 58.4 Å². The number of alkyl halides is 3. The third kappa shape index (κ3) is 4.26. The maximum Gasteiger partial charge on any atom is 0.416 e. The number of halogens is 3. The molecule has 4 nitrogen and oxygen atoms in total.